The molecule has 0 radical (unpaired) electrons. The minimum absolute atomic E-state index is 0.152. The number of carboxylic acid groups (broad SMARTS) is 1. The molecule has 0 aromatic heterocycles. The van der Waals surface area contributed by atoms with Gasteiger partial charge in [0.15, 0.2) is 6.10 Å². The van der Waals surface area contributed by atoms with E-state index in [1.54, 1.807) is 0 Å². The number of carboxylic acids is 1. The van der Waals surface area contributed by atoms with Gasteiger partial charge in [-0.15, -0.1) is 0 Å². The smallest absolute Gasteiger partial charge is 0.472 e. The number of ether oxygens (including phenoxy) is 2. The van der Waals surface area contributed by atoms with E-state index in [4.69, 9.17) is 24.8 Å². The van der Waals surface area contributed by atoms with Gasteiger partial charge in [0, 0.05) is 12.8 Å². The molecule has 3 unspecified atom stereocenters. The van der Waals surface area contributed by atoms with Crippen molar-refractivity contribution in [2.75, 3.05) is 19.8 Å². The lowest BCUT2D eigenvalue weighted by atomic mass is 10.1. The lowest BCUT2D eigenvalue weighted by Crippen LogP contribution is -2.34. The fourth-order valence-corrected chi connectivity index (χ4v) is 4.37. The zero-order valence-electron chi connectivity index (χ0n) is 24.4. The highest BCUT2D eigenvalue weighted by molar-refractivity contribution is 7.47. The summed E-state index contributed by atoms with van der Waals surface area (Å²) in [5, 5.41) is 8.78. The lowest BCUT2D eigenvalue weighted by Gasteiger charge is -2.20. The second-order valence-corrected chi connectivity index (χ2v) is 11.3. The number of unbranched alkanes of at least 4 members (excludes halogenated alkanes) is 11. The van der Waals surface area contributed by atoms with Gasteiger partial charge in [-0.05, 0) is 32.1 Å². The van der Waals surface area contributed by atoms with Crippen molar-refractivity contribution < 1.29 is 47.5 Å². The van der Waals surface area contributed by atoms with Crippen LogP contribution in [0, 0.1) is 0 Å². The van der Waals surface area contributed by atoms with Crippen molar-refractivity contribution in [2.45, 2.75) is 129 Å². The summed E-state index contributed by atoms with van der Waals surface area (Å²) in [5.74, 6) is -2.41. The molecule has 0 aliphatic rings. The number of nitrogens with two attached hydrogens (primary N) is 1. The molecule has 0 rings (SSSR count). The van der Waals surface area contributed by atoms with Crippen molar-refractivity contribution in [3.8, 4) is 0 Å². The van der Waals surface area contributed by atoms with Crippen LogP contribution in [0.3, 0.4) is 0 Å². The molecule has 40 heavy (non-hydrogen) atoms. The summed E-state index contributed by atoms with van der Waals surface area (Å²) in [6, 6.07) is -1.52. The molecule has 0 amide bonds. The fourth-order valence-electron chi connectivity index (χ4n) is 3.59. The number of hydrogen-bond acceptors (Lipinski definition) is 9. The monoisotopic (exact) mass is 593 g/mol. The van der Waals surface area contributed by atoms with E-state index < -0.39 is 51.1 Å². The van der Waals surface area contributed by atoms with Crippen LogP contribution in [0.4, 0.5) is 0 Å². The molecule has 0 saturated heterocycles. The molecule has 234 valence electrons. The third kappa shape index (κ3) is 24.1. The second kappa shape index (κ2) is 25.0. The summed E-state index contributed by atoms with van der Waals surface area (Å²) >= 11 is 0. The van der Waals surface area contributed by atoms with Gasteiger partial charge in [-0.25, -0.2) is 4.57 Å². The van der Waals surface area contributed by atoms with Gasteiger partial charge in [0.05, 0.1) is 13.2 Å². The van der Waals surface area contributed by atoms with Crippen LogP contribution in [0.25, 0.3) is 0 Å². The van der Waals surface area contributed by atoms with E-state index >= 15 is 0 Å². The van der Waals surface area contributed by atoms with Crippen molar-refractivity contribution in [3.05, 3.63) is 12.2 Å². The maximum Gasteiger partial charge on any atom is 0.472 e. The van der Waals surface area contributed by atoms with Gasteiger partial charge in [-0.1, -0.05) is 83.8 Å². The first kappa shape index (κ1) is 38.2. The highest BCUT2D eigenvalue weighted by atomic mass is 31.2. The molecule has 0 spiro atoms. The third-order valence-electron chi connectivity index (χ3n) is 5.99. The molecule has 0 fully saturated rings. The fraction of sp³-hybridized carbons (Fsp3) is 0.821. The Morgan fingerprint density at radius 2 is 1.30 bits per heavy atom. The standard InChI is InChI=1S/C28H52NO10P/c1-3-5-7-9-11-12-13-14-16-18-20-27(31)39-24(21-36-26(30)19-17-15-10-8-6-4-2)22-37-40(34,35)38-23-25(29)28(32)33/h7,9,24-25H,3-6,8,10-23,29H2,1-2H3,(H,32,33)(H,34,35)/b9-7-. The predicted octanol–water partition coefficient (Wildman–Crippen LogP) is 5.82. The number of carbonyl (C=O) groups is 3. The molecular formula is C28H52NO10P. The van der Waals surface area contributed by atoms with Gasteiger partial charge < -0.3 is 25.2 Å². The normalized spacial score (nSPS) is 14.5. The highest BCUT2D eigenvalue weighted by Gasteiger charge is 2.28. The molecule has 0 aliphatic heterocycles. The Balaban J connectivity index is 4.59. The van der Waals surface area contributed by atoms with E-state index in [-0.39, 0.29) is 19.4 Å². The molecule has 3 atom stereocenters. The largest absolute Gasteiger partial charge is 0.480 e. The molecule has 4 N–H and O–H groups in total. The molecule has 0 aliphatic carbocycles. The molecule has 0 heterocycles. The molecule has 11 nitrogen and oxygen atoms in total. The van der Waals surface area contributed by atoms with E-state index in [1.165, 1.54) is 0 Å². The van der Waals surface area contributed by atoms with E-state index in [0.29, 0.717) is 12.8 Å². The number of rotatable bonds is 27. The summed E-state index contributed by atoms with van der Waals surface area (Å²) in [5.41, 5.74) is 5.27. The van der Waals surface area contributed by atoms with E-state index in [0.717, 1.165) is 77.0 Å². The third-order valence-corrected chi connectivity index (χ3v) is 6.95. The summed E-state index contributed by atoms with van der Waals surface area (Å²) in [7, 11) is -4.69. The number of esters is 2. The van der Waals surface area contributed by atoms with Crippen molar-refractivity contribution >= 4 is 25.7 Å². The summed E-state index contributed by atoms with van der Waals surface area (Å²) < 4.78 is 32.1. The van der Waals surface area contributed by atoms with Crippen LogP contribution in [0.15, 0.2) is 12.2 Å². The first-order valence-electron chi connectivity index (χ1n) is 14.7. The molecule has 0 saturated carbocycles. The van der Waals surface area contributed by atoms with Crippen LogP contribution in [0.5, 0.6) is 0 Å². The lowest BCUT2D eigenvalue weighted by molar-refractivity contribution is -0.161. The van der Waals surface area contributed by atoms with Crippen LogP contribution >= 0.6 is 7.82 Å². The van der Waals surface area contributed by atoms with Gasteiger partial charge in [0.2, 0.25) is 0 Å². The van der Waals surface area contributed by atoms with Crippen molar-refractivity contribution in [3.63, 3.8) is 0 Å². The Morgan fingerprint density at radius 1 is 0.750 bits per heavy atom. The van der Waals surface area contributed by atoms with Crippen LogP contribution in [0.1, 0.15) is 117 Å². The minimum Gasteiger partial charge on any atom is -0.480 e. The van der Waals surface area contributed by atoms with E-state index in [9.17, 15) is 23.8 Å². The first-order chi connectivity index (χ1) is 19.1. The SMILES string of the molecule is CCC/C=C\CCCCCCCC(=O)OC(COC(=O)CCCCCCCC)COP(=O)(O)OCC(N)C(=O)O. The molecule has 0 bridgehead atoms. The maximum atomic E-state index is 12.4. The van der Waals surface area contributed by atoms with Crippen LogP contribution in [-0.4, -0.2) is 59.9 Å². The molecule has 0 aromatic rings. The maximum absolute atomic E-state index is 12.4. The molecular weight excluding hydrogens is 541 g/mol. The second-order valence-electron chi connectivity index (χ2n) is 9.88. The Hall–Kier alpha value is -1.78. The zero-order chi connectivity index (χ0) is 30.1. The Labute approximate surface area is 239 Å². The quantitative estimate of drug-likeness (QED) is 0.0453. The molecule has 0 aromatic carbocycles. The van der Waals surface area contributed by atoms with Gasteiger partial charge >= 0.3 is 25.7 Å². The number of hydrogen-bond donors (Lipinski definition) is 3. The van der Waals surface area contributed by atoms with Crippen LogP contribution in [0.2, 0.25) is 0 Å². The summed E-state index contributed by atoms with van der Waals surface area (Å²) in [6.45, 7) is 2.59. The summed E-state index contributed by atoms with van der Waals surface area (Å²) in [4.78, 5) is 45.1. The average molecular weight is 594 g/mol. The van der Waals surface area contributed by atoms with Crippen LogP contribution < -0.4 is 5.73 Å². The van der Waals surface area contributed by atoms with Crippen molar-refractivity contribution in [2.24, 2.45) is 5.73 Å². The minimum atomic E-state index is -4.69. The van der Waals surface area contributed by atoms with Gasteiger partial charge in [0.25, 0.3) is 0 Å². The van der Waals surface area contributed by atoms with Gasteiger partial charge in [0.1, 0.15) is 12.6 Å². The average Bonchev–Trinajstić information content (AvgIpc) is 2.91. The van der Waals surface area contributed by atoms with E-state index in [1.807, 2.05) is 0 Å². The van der Waals surface area contributed by atoms with Crippen molar-refractivity contribution in [1.82, 2.24) is 0 Å². The Morgan fingerprint density at radius 3 is 1.93 bits per heavy atom. The molecule has 12 heteroatoms. The van der Waals surface area contributed by atoms with E-state index in [2.05, 4.69) is 30.5 Å². The summed E-state index contributed by atoms with van der Waals surface area (Å²) in [6.07, 6.45) is 17.7. The Kier molecular flexibility index (Phi) is 23.9. The van der Waals surface area contributed by atoms with Crippen molar-refractivity contribution in [1.29, 1.82) is 0 Å². The topological polar surface area (TPSA) is 172 Å². The number of carbonyl (C=O) groups excluding carboxylic acids is 2. The zero-order valence-corrected chi connectivity index (χ0v) is 25.3. The van der Waals surface area contributed by atoms with Gasteiger partial charge in [-0.2, -0.15) is 0 Å². The highest BCUT2D eigenvalue weighted by Crippen LogP contribution is 2.43. The van der Waals surface area contributed by atoms with Gasteiger partial charge in [-0.3, -0.25) is 23.4 Å². The number of allylic oxidation sites excluding steroid dienone is 2. The predicted molar refractivity (Wildman–Crippen MR) is 153 cm³/mol. The number of phosphoric acid groups is 1. The Bertz CT molecular complexity index is 761. The van der Waals surface area contributed by atoms with Crippen LogP contribution in [-0.2, 0) is 37.5 Å². The number of phosphoric ester groups is 1. The first-order valence-corrected chi connectivity index (χ1v) is 16.2. The number of aliphatic carboxylic acids is 1.